The summed E-state index contributed by atoms with van der Waals surface area (Å²) in [5, 5.41) is 14.6. The van der Waals surface area contributed by atoms with E-state index in [0.717, 1.165) is 25.0 Å². The molecule has 0 aliphatic heterocycles. The molecule has 7 nitrogen and oxygen atoms in total. The molecule has 5 N–H and O–H groups in total. The Hall–Kier alpha value is -1.44. The number of amides is 3. The Morgan fingerprint density at radius 1 is 1.38 bits per heavy atom. The normalized spacial score (nSPS) is 22.5. The number of hydrogen-bond donors (Lipinski definition) is 4. The van der Waals surface area contributed by atoms with Gasteiger partial charge in [-0.05, 0) is 25.0 Å². The molecule has 0 radical (unpaired) electrons. The van der Waals surface area contributed by atoms with Crippen molar-refractivity contribution in [1.29, 1.82) is 0 Å². The Labute approximate surface area is 128 Å². The Morgan fingerprint density at radius 2 is 2.10 bits per heavy atom. The van der Waals surface area contributed by atoms with Gasteiger partial charge in [-0.3, -0.25) is 4.79 Å². The minimum absolute atomic E-state index is 0.00408. The van der Waals surface area contributed by atoms with Crippen LogP contribution in [0.25, 0.3) is 0 Å². The summed E-state index contributed by atoms with van der Waals surface area (Å²) >= 11 is 1.81. The molecule has 1 fully saturated rings. The van der Waals surface area contributed by atoms with Gasteiger partial charge in [0.25, 0.3) is 0 Å². The topological polar surface area (TPSA) is 122 Å². The van der Waals surface area contributed by atoms with E-state index in [2.05, 4.69) is 17.6 Å². The Morgan fingerprint density at radius 3 is 2.67 bits per heavy atom. The minimum atomic E-state index is -1.17. The highest BCUT2D eigenvalue weighted by atomic mass is 32.2. The summed E-state index contributed by atoms with van der Waals surface area (Å²) in [6.45, 7) is 2.07. The lowest BCUT2D eigenvalue weighted by atomic mass is 10.1. The lowest BCUT2D eigenvalue weighted by molar-refractivity contribution is -0.139. The summed E-state index contributed by atoms with van der Waals surface area (Å²) in [7, 11) is 0. The van der Waals surface area contributed by atoms with E-state index in [9.17, 15) is 14.4 Å². The number of thioether (sulfide) groups is 1. The number of nitrogens with two attached hydrogens (primary N) is 1. The molecule has 8 heteroatoms. The maximum atomic E-state index is 11.9. The molecule has 0 saturated heterocycles. The second-order valence-electron chi connectivity index (χ2n) is 5.04. The second-order valence-corrected chi connectivity index (χ2v) is 6.56. The number of hydrogen-bond acceptors (Lipinski definition) is 4. The van der Waals surface area contributed by atoms with Crippen LogP contribution in [0.5, 0.6) is 0 Å². The van der Waals surface area contributed by atoms with Crippen molar-refractivity contribution in [2.24, 2.45) is 5.73 Å². The van der Waals surface area contributed by atoms with E-state index in [-0.39, 0.29) is 18.9 Å². The number of urea groups is 1. The average molecular weight is 317 g/mol. The van der Waals surface area contributed by atoms with Gasteiger partial charge in [0.15, 0.2) is 0 Å². The van der Waals surface area contributed by atoms with Crippen molar-refractivity contribution >= 4 is 29.7 Å². The molecule has 0 bridgehead atoms. The molecule has 120 valence electrons. The fraction of sp³-hybridized carbons (Fsp3) is 0.769. The highest BCUT2D eigenvalue weighted by molar-refractivity contribution is 7.99. The third-order valence-electron chi connectivity index (χ3n) is 3.43. The molecule has 21 heavy (non-hydrogen) atoms. The molecule has 0 aromatic carbocycles. The van der Waals surface area contributed by atoms with Gasteiger partial charge in [-0.25, -0.2) is 9.59 Å². The van der Waals surface area contributed by atoms with E-state index in [0.29, 0.717) is 5.25 Å². The largest absolute Gasteiger partial charge is 0.480 e. The minimum Gasteiger partial charge on any atom is -0.480 e. The number of carbonyl (C=O) groups excluding carboxylic acids is 2. The summed E-state index contributed by atoms with van der Waals surface area (Å²) in [5.74, 6) is -0.767. The van der Waals surface area contributed by atoms with Crippen LogP contribution in [0.4, 0.5) is 4.79 Å². The number of carboxylic acids is 1. The zero-order valence-corrected chi connectivity index (χ0v) is 12.9. The summed E-state index contributed by atoms with van der Waals surface area (Å²) in [5.41, 5.74) is 4.99. The van der Waals surface area contributed by atoms with Gasteiger partial charge in [0.1, 0.15) is 6.04 Å². The van der Waals surface area contributed by atoms with Crippen molar-refractivity contribution in [3.8, 4) is 0 Å². The highest BCUT2D eigenvalue weighted by Gasteiger charge is 2.29. The van der Waals surface area contributed by atoms with E-state index < -0.39 is 23.9 Å². The van der Waals surface area contributed by atoms with Gasteiger partial charge in [-0.1, -0.05) is 13.3 Å². The lowest BCUT2D eigenvalue weighted by Gasteiger charge is -2.22. The molecule has 3 amide bonds. The van der Waals surface area contributed by atoms with E-state index in [4.69, 9.17) is 10.8 Å². The monoisotopic (exact) mass is 317 g/mol. The van der Waals surface area contributed by atoms with Crippen LogP contribution >= 0.6 is 11.8 Å². The van der Waals surface area contributed by atoms with Gasteiger partial charge in [-0.2, -0.15) is 11.8 Å². The SMILES string of the molecule is CCSC1CCCC1NC(=O)N[C@H](CCC(N)=O)C(=O)O. The molecule has 1 aliphatic carbocycles. The van der Waals surface area contributed by atoms with Crippen molar-refractivity contribution in [1.82, 2.24) is 10.6 Å². The van der Waals surface area contributed by atoms with Crippen LogP contribution in [0.1, 0.15) is 39.0 Å². The first-order valence-corrected chi connectivity index (χ1v) is 8.18. The van der Waals surface area contributed by atoms with Crippen LogP contribution in [-0.4, -0.2) is 46.1 Å². The van der Waals surface area contributed by atoms with Gasteiger partial charge in [0, 0.05) is 17.7 Å². The molecule has 2 unspecified atom stereocenters. The predicted octanol–water partition coefficient (Wildman–Crippen LogP) is 0.679. The van der Waals surface area contributed by atoms with Crippen molar-refractivity contribution in [3.05, 3.63) is 0 Å². The third-order valence-corrected chi connectivity index (χ3v) is 4.76. The summed E-state index contributed by atoms with van der Waals surface area (Å²) < 4.78 is 0. The van der Waals surface area contributed by atoms with Gasteiger partial charge in [-0.15, -0.1) is 0 Å². The number of rotatable bonds is 8. The quantitative estimate of drug-likeness (QED) is 0.524. The first kappa shape index (κ1) is 17.6. The maximum Gasteiger partial charge on any atom is 0.326 e. The van der Waals surface area contributed by atoms with Crippen molar-refractivity contribution < 1.29 is 19.5 Å². The fourth-order valence-corrected chi connectivity index (χ4v) is 3.61. The van der Waals surface area contributed by atoms with Gasteiger partial charge < -0.3 is 21.5 Å². The van der Waals surface area contributed by atoms with Crippen LogP contribution in [0, 0.1) is 0 Å². The number of primary amides is 1. The zero-order chi connectivity index (χ0) is 15.8. The second kappa shape index (κ2) is 8.76. The van der Waals surface area contributed by atoms with Gasteiger partial charge in [0.2, 0.25) is 5.91 Å². The molecular weight excluding hydrogens is 294 g/mol. The van der Waals surface area contributed by atoms with Crippen LogP contribution in [0.2, 0.25) is 0 Å². The standard InChI is InChI=1S/C13H23N3O4S/c1-2-21-10-5-3-4-8(10)15-13(20)16-9(12(18)19)6-7-11(14)17/h8-10H,2-7H2,1H3,(H2,14,17)(H,18,19)(H2,15,16,20)/t8?,9-,10?/m1/s1. The Balaban J connectivity index is 2.46. The van der Waals surface area contributed by atoms with E-state index in [1.165, 1.54) is 0 Å². The molecule has 1 saturated carbocycles. The molecule has 0 aromatic rings. The molecule has 0 aromatic heterocycles. The summed E-state index contributed by atoms with van der Waals surface area (Å²) in [6.07, 6.45) is 2.95. The molecular formula is C13H23N3O4S. The third kappa shape index (κ3) is 6.24. The average Bonchev–Trinajstić information content (AvgIpc) is 2.81. The van der Waals surface area contributed by atoms with Crippen LogP contribution in [0.3, 0.4) is 0 Å². The molecule has 3 atom stereocenters. The van der Waals surface area contributed by atoms with Crippen LogP contribution < -0.4 is 16.4 Å². The van der Waals surface area contributed by atoms with Crippen molar-refractivity contribution in [3.63, 3.8) is 0 Å². The van der Waals surface area contributed by atoms with Crippen LogP contribution in [0.15, 0.2) is 0 Å². The first-order chi connectivity index (χ1) is 9.93. The molecule has 1 aliphatic rings. The number of carboxylic acid groups (broad SMARTS) is 1. The highest BCUT2D eigenvalue weighted by Crippen LogP contribution is 2.29. The smallest absolute Gasteiger partial charge is 0.326 e. The van der Waals surface area contributed by atoms with E-state index >= 15 is 0 Å². The van der Waals surface area contributed by atoms with Crippen molar-refractivity contribution in [2.45, 2.75) is 56.4 Å². The van der Waals surface area contributed by atoms with Gasteiger partial charge in [0.05, 0.1) is 0 Å². The number of aliphatic carboxylic acids is 1. The Kier molecular flexibility index (Phi) is 7.35. The Bertz CT molecular complexity index is 392. The van der Waals surface area contributed by atoms with E-state index in [1.807, 2.05) is 11.8 Å². The number of carbonyl (C=O) groups is 3. The first-order valence-electron chi connectivity index (χ1n) is 7.13. The van der Waals surface area contributed by atoms with Gasteiger partial charge >= 0.3 is 12.0 Å². The maximum absolute atomic E-state index is 11.9. The van der Waals surface area contributed by atoms with Crippen molar-refractivity contribution in [2.75, 3.05) is 5.75 Å². The lowest BCUT2D eigenvalue weighted by Crippen LogP contribution is -2.50. The molecule has 1 rings (SSSR count). The summed E-state index contributed by atoms with van der Waals surface area (Å²) in [4.78, 5) is 33.7. The van der Waals surface area contributed by atoms with E-state index in [1.54, 1.807) is 0 Å². The molecule has 0 heterocycles. The van der Waals surface area contributed by atoms with Crippen LogP contribution in [-0.2, 0) is 9.59 Å². The summed E-state index contributed by atoms with van der Waals surface area (Å²) in [6, 6.07) is -1.53. The number of nitrogens with one attached hydrogen (secondary N) is 2. The predicted molar refractivity (Wildman–Crippen MR) is 81.1 cm³/mol. The zero-order valence-electron chi connectivity index (χ0n) is 12.1. The fourth-order valence-electron chi connectivity index (χ4n) is 2.42. The molecule has 0 spiro atoms.